The van der Waals surface area contributed by atoms with Crippen LogP contribution in [0, 0.1) is 5.82 Å². The van der Waals surface area contributed by atoms with Gasteiger partial charge >= 0.3 is 0 Å². The smallest absolute Gasteiger partial charge is 0.266 e. The first kappa shape index (κ1) is 22.0. The van der Waals surface area contributed by atoms with E-state index in [1.807, 2.05) is 29.2 Å². The maximum Gasteiger partial charge on any atom is 0.266 e. The highest BCUT2D eigenvalue weighted by molar-refractivity contribution is 7.21. The number of fused-ring (bicyclic) bond motifs is 1. The van der Waals surface area contributed by atoms with Crippen molar-refractivity contribution in [1.82, 2.24) is 15.2 Å². The van der Waals surface area contributed by atoms with Crippen molar-refractivity contribution >= 4 is 38.9 Å². The average Bonchev–Trinajstić information content (AvgIpc) is 3.18. The number of rotatable bonds is 5. The summed E-state index contributed by atoms with van der Waals surface area (Å²) in [4.78, 5) is 20.3. The van der Waals surface area contributed by atoms with Gasteiger partial charge in [-0.3, -0.25) is 9.78 Å². The molecule has 1 fully saturated rings. The van der Waals surface area contributed by atoms with Crippen LogP contribution in [-0.2, 0) is 6.54 Å². The molecule has 2 aromatic heterocycles. The highest BCUT2D eigenvalue weighted by Crippen LogP contribution is 2.37. The van der Waals surface area contributed by atoms with Crippen LogP contribution in [0.3, 0.4) is 0 Å². The van der Waals surface area contributed by atoms with Gasteiger partial charge in [-0.1, -0.05) is 29.8 Å². The molecule has 0 atom stereocenters. The number of benzene rings is 2. The van der Waals surface area contributed by atoms with Gasteiger partial charge in [0.15, 0.2) is 0 Å². The molecule has 2 aromatic carbocycles. The topological polar surface area (TPSA) is 45.2 Å². The Labute approximate surface area is 201 Å². The number of carbonyl (C=O) groups is 1. The number of thiophene rings is 1. The van der Waals surface area contributed by atoms with Crippen molar-refractivity contribution in [3.63, 3.8) is 0 Å². The van der Waals surface area contributed by atoms with Crippen LogP contribution in [0.4, 0.5) is 4.39 Å². The Hall–Kier alpha value is -2.80. The number of carbonyl (C=O) groups excluding carboxylic acids is 1. The van der Waals surface area contributed by atoms with Gasteiger partial charge in [0, 0.05) is 35.1 Å². The van der Waals surface area contributed by atoms with Crippen molar-refractivity contribution in [2.75, 3.05) is 13.1 Å². The van der Waals surface area contributed by atoms with Gasteiger partial charge in [-0.2, -0.15) is 0 Å². The Balaban J connectivity index is 1.49. The lowest BCUT2D eigenvalue weighted by molar-refractivity contribution is 0.0628. The number of hydrogen-bond acceptors (Lipinski definition) is 4. The summed E-state index contributed by atoms with van der Waals surface area (Å²) in [5.74, 6) is -0.426. The lowest BCUT2D eigenvalue weighted by atomic mass is 10.0. The summed E-state index contributed by atoms with van der Waals surface area (Å²) in [6.45, 7) is 2.23. The van der Waals surface area contributed by atoms with Crippen LogP contribution in [-0.4, -0.2) is 34.9 Å². The molecule has 1 amide bonds. The molecule has 7 heteroatoms. The van der Waals surface area contributed by atoms with E-state index in [0.717, 1.165) is 48.0 Å². The van der Waals surface area contributed by atoms with Gasteiger partial charge in [-0.05, 0) is 79.0 Å². The third-order valence-electron chi connectivity index (χ3n) is 6.09. The Morgan fingerprint density at radius 3 is 2.67 bits per heavy atom. The summed E-state index contributed by atoms with van der Waals surface area (Å²) in [5.41, 5.74) is 3.23. The minimum absolute atomic E-state index is 0.0946. The second-order valence-electron chi connectivity index (χ2n) is 8.24. The van der Waals surface area contributed by atoms with Gasteiger partial charge in [0.2, 0.25) is 0 Å². The monoisotopic (exact) mass is 479 g/mol. The molecule has 1 aliphatic heterocycles. The van der Waals surface area contributed by atoms with E-state index in [-0.39, 0.29) is 17.8 Å². The second kappa shape index (κ2) is 9.59. The molecule has 4 nitrogen and oxygen atoms in total. The lowest BCUT2D eigenvalue weighted by Gasteiger charge is -2.34. The highest BCUT2D eigenvalue weighted by Gasteiger charge is 2.29. The predicted molar refractivity (Wildman–Crippen MR) is 132 cm³/mol. The van der Waals surface area contributed by atoms with E-state index in [1.165, 1.54) is 23.5 Å². The Morgan fingerprint density at radius 2 is 1.88 bits per heavy atom. The zero-order chi connectivity index (χ0) is 22.8. The van der Waals surface area contributed by atoms with E-state index < -0.39 is 0 Å². The Morgan fingerprint density at radius 1 is 1.09 bits per heavy atom. The molecule has 0 spiro atoms. The van der Waals surface area contributed by atoms with Crippen molar-refractivity contribution in [1.29, 1.82) is 0 Å². The van der Waals surface area contributed by atoms with Crippen molar-refractivity contribution in [2.45, 2.75) is 25.4 Å². The average molecular weight is 480 g/mol. The summed E-state index contributed by atoms with van der Waals surface area (Å²) in [7, 11) is 0. The molecule has 3 heterocycles. The van der Waals surface area contributed by atoms with Gasteiger partial charge in [0.05, 0.1) is 5.02 Å². The van der Waals surface area contributed by atoms with Crippen LogP contribution in [0.1, 0.15) is 28.1 Å². The first-order chi connectivity index (χ1) is 16.1. The molecule has 0 radical (unpaired) electrons. The first-order valence-corrected chi connectivity index (χ1v) is 12.2. The number of nitrogens with one attached hydrogen (secondary N) is 1. The normalized spacial score (nSPS) is 14.5. The molecule has 1 saturated heterocycles. The van der Waals surface area contributed by atoms with E-state index in [9.17, 15) is 9.18 Å². The van der Waals surface area contributed by atoms with E-state index in [4.69, 9.17) is 11.6 Å². The fourth-order valence-corrected chi connectivity index (χ4v) is 5.88. The van der Waals surface area contributed by atoms with Gasteiger partial charge in [0.1, 0.15) is 10.7 Å². The molecule has 4 aromatic rings. The van der Waals surface area contributed by atoms with Crippen LogP contribution in [0.5, 0.6) is 0 Å². The van der Waals surface area contributed by atoms with Gasteiger partial charge < -0.3 is 10.2 Å². The van der Waals surface area contributed by atoms with Crippen LogP contribution in [0.15, 0.2) is 67.0 Å². The summed E-state index contributed by atoms with van der Waals surface area (Å²) in [5, 5.41) is 4.50. The number of aromatic nitrogens is 1. The molecule has 0 saturated carbocycles. The number of pyridine rings is 1. The summed E-state index contributed by atoms with van der Waals surface area (Å²) < 4.78 is 14.4. The largest absolute Gasteiger partial charge is 0.330 e. The molecule has 1 N–H and O–H groups in total. The molecular formula is C26H23ClFN3OS. The van der Waals surface area contributed by atoms with E-state index in [1.54, 1.807) is 18.5 Å². The predicted octanol–water partition coefficient (Wildman–Crippen LogP) is 6.15. The maximum absolute atomic E-state index is 13.8. The van der Waals surface area contributed by atoms with Crippen molar-refractivity contribution < 1.29 is 9.18 Å². The van der Waals surface area contributed by atoms with Crippen LogP contribution in [0.2, 0.25) is 5.02 Å². The number of amides is 1. The van der Waals surface area contributed by atoms with Crippen LogP contribution >= 0.6 is 22.9 Å². The van der Waals surface area contributed by atoms with Crippen LogP contribution < -0.4 is 5.32 Å². The zero-order valence-corrected chi connectivity index (χ0v) is 19.5. The number of halogens is 2. The zero-order valence-electron chi connectivity index (χ0n) is 17.9. The van der Waals surface area contributed by atoms with E-state index in [2.05, 4.69) is 22.4 Å². The third kappa shape index (κ3) is 4.64. The van der Waals surface area contributed by atoms with Gasteiger partial charge in [-0.25, -0.2) is 4.39 Å². The third-order valence-corrected chi connectivity index (χ3v) is 7.73. The number of piperidine rings is 1. The summed E-state index contributed by atoms with van der Waals surface area (Å²) in [6.07, 6.45) is 5.32. The molecule has 0 bridgehead atoms. The SMILES string of the molecule is O=C(c1sc2cc(F)ccc2c1Cl)N(Cc1cccc(-c2ccncc2)c1)C1CCNCC1. The molecule has 33 heavy (non-hydrogen) atoms. The van der Waals surface area contributed by atoms with E-state index >= 15 is 0 Å². The maximum atomic E-state index is 13.8. The molecule has 1 aliphatic rings. The number of nitrogens with zero attached hydrogens (tertiary/aromatic N) is 2. The molecule has 0 aliphatic carbocycles. The standard InChI is InChI=1S/C26H23ClFN3OS/c27-24-22-5-4-20(28)15-23(22)33-25(24)26(32)31(21-8-12-30-13-9-21)16-17-2-1-3-19(14-17)18-6-10-29-11-7-18/h1-7,10-11,14-15,21,30H,8-9,12-13,16H2. The highest BCUT2D eigenvalue weighted by atomic mass is 35.5. The van der Waals surface area contributed by atoms with Gasteiger partial charge in [-0.15, -0.1) is 11.3 Å². The quantitative estimate of drug-likeness (QED) is 0.373. The molecule has 168 valence electrons. The Bertz CT molecular complexity index is 1290. The number of hydrogen-bond donors (Lipinski definition) is 1. The first-order valence-electron chi connectivity index (χ1n) is 11.0. The fourth-order valence-electron chi connectivity index (χ4n) is 4.38. The summed E-state index contributed by atoms with van der Waals surface area (Å²) in [6, 6.07) is 16.8. The van der Waals surface area contributed by atoms with E-state index in [0.29, 0.717) is 21.1 Å². The van der Waals surface area contributed by atoms with Crippen molar-refractivity contribution in [2.24, 2.45) is 0 Å². The van der Waals surface area contributed by atoms with Gasteiger partial charge in [0.25, 0.3) is 5.91 Å². The summed E-state index contributed by atoms with van der Waals surface area (Å²) >= 11 is 7.88. The lowest BCUT2D eigenvalue weighted by Crippen LogP contribution is -2.45. The Kier molecular flexibility index (Phi) is 6.40. The fraction of sp³-hybridized carbons (Fsp3) is 0.231. The minimum Gasteiger partial charge on any atom is -0.330 e. The minimum atomic E-state index is -0.331. The van der Waals surface area contributed by atoms with Crippen LogP contribution in [0.25, 0.3) is 21.2 Å². The van der Waals surface area contributed by atoms with Crippen molar-refractivity contribution in [3.8, 4) is 11.1 Å². The molecule has 5 rings (SSSR count). The second-order valence-corrected chi connectivity index (χ2v) is 9.67. The molecule has 0 unspecified atom stereocenters. The molecular weight excluding hydrogens is 457 g/mol. The van der Waals surface area contributed by atoms with Crippen molar-refractivity contribution in [3.05, 3.63) is 88.3 Å².